The first-order valence-electron chi connectivity index (χ1n) is 11.3. The molecule has 3 atom stereocenters. The lowest BCUT2D eigenvalue weighted by Gasteiger charge is -2.30. The molecule has 1 saturated heterocycles. The maximum absolute atomic E-state index is 13.3. The number of aryl methyl sites for hydroxylation is 2. The summed E-state index contributed by atoms with van der Waals surface area (Å²) in [5, 5.41) is 15.9. The van der Waals surface area contributed by atoms with Crippen LogP contribution in [0.5, 0.6) is 0 Å². The maximum Gasteiger partial charge on any atom is 0.326 e. The van der Waals surface area contributed by atoms with E-state index in [2.05, 4.69) is 28.2 Å². The molecular formula is C25H32FN3O3S2. The maximum atomic E-state index is 13.3. The Morgan fingerprint density at radius 1 is 1.26 bits per heavy atom. The average Bonchev–Trinajstić information content (AvgIpc) is 3.26. The summed E-state index contributed by atoms with van der Waals surface area (Å²) < 4.78 is 13.3. The fraction of sp³-hybridized carbons (Fsp3) is 0.440. The van der Waals surface area contributed by atoms with Gasteiger partial charge >= 0.3 is 5.97 Å². The molecule has 3 rings (SSSR count). The van der Waals surface area contributed by atoms with Gasteiger partial charge in [-0.15, -0.1) is 0 Å². The van der Waals surface area contributed by atoms with Crippen LogP contribution in [0.25, 0.3) is 0 Å². The monoisotopic (exact) mass is 505 g/mol. The molecule has 34 heavy (non-hydrogen) atoms. The fourth-order valence-corrected chi connectivity index (χ4v) is 5.02. The zero-order valence-electron chi connectivity index (χ0n) is 19.5. The number of carboxylic acid groups (broad SMARTS) is 1. The summed E-state index contributed by atoms with van der Waals surface area (Å²) in [6.45, 7) is 0.897. The number of benzene rings is 2. The Morgan fingerprint density at radius 3 is 2.62 bits per heavy atom. The number of nitrogens with zero attached hydrogens (tertiary/aromatic N) is 1. The second-order valence-corrected chi connectivity index (χ2v) is 10.1. The predicted molar refractivity (Wildman–Crippen MR) is 140 cm³/mol. The molecule has 2 aromatic rings. The molecule has 9 heteroatoms. The predicted octanol–water partition coefficient (Wildman–Crippen LogP) is 3.60. The Morgan fingerprint density at radius 2 is 2.00 bits per heavy atom. The molecular weight excluding hydrogens is 473 g/mol. The number of thiol groups is 1. The van der Waals surface area contributed by atoms with Gasteiger partial charge in [-0.1, -0.05) is 12.1 Å². The number of carbonyl (C=O) groups is 2. The zero-order chi connectivity index (χ0) is 24.7. The molecule has 1 aliphatic heterocycles. The Balaban J connectivity index is 1.86. The Bertz CT molecular complexity index is 990. The molecule has 0 unspecified atom stereocenters. The molecule has 0 aliphatic carbocycles. The molecule has 0 spiro atoms. The first kappa shape index (κ1) is 26.4. The number of amides is 1. The van der Waals surface area contributed by atoms with E-state index in [1.807, 2.05) is 25.4 Å². The quantitative estimate of drug-likeness (QED) is 0.350. The van der Waals surface area contributed by atoms with Gasteiger partial charge in [0.1, 0.15) is 11.9 Å². The van der Waals surface area contributed by atoms with Crippen molar-refractivity contribution in [3.8, 4) is 0 Å². The third-order valence-corrected chi connectivity index (χ3v) is 7.31. The van der Waals surface area contributed by atoms with E-state index in [0.717, 1.165) is 29.8 Å². The molecule has 0 bridgehead atoms. The van der Waals surface area contributed by atoms with E-state index in [1.54, 1.807) is 18.2 Å². The fourth-order valence-electron chi connectivity index (χ4n) is 4.12. The molecule has 0 radical (unpaired) electrons. The lowest BCUT2D eigenvalue weighted by molar-refractivity contribution is -0.139. The third kappa shape index (κ3) is 6.90. The topological polar surface area (TPSA) is 81.7 Å². The number of rotatable bonds is 11. The van der Waals surface area contributed by atoms with Gasteiger partial charge in [0.15, 0.2) is 0 Å². The van der Waals surface area contributed by atoms with Crippen molar-refractivity contribution in [3.63, 3.8) is 0 Å². The van der Waals surface area contributed by atoms with E-state index in [0.29, 0.717) is 30.6 Å². The van der Waals surface area contributed by atoms with Crippen molar-refractivity contribution in [3.05, 3.63) is 65.0 Å². The van der Waals surface area contributed by atoms with Gasteiger partial charge in [-0.25, -0.2) is 9.18 Å². The molecule has 184 valence electrons. The second-order valence-electron chi connectivity index (χ2n) is 8.48. The van der Waals surface area contributed by atoms with Crippen LogP contribution in [0.4, 0.5) is 10.1 Å². The number of halogens is 1. The van der Waals surface area contributed by atoms with Crippen molar-refractivity contribution in [2.24, 2.45) is 0 Å². The minimum atomic E-state index is -1.04. The van der Waals surface area contributed by atoms with Gasteiger partial charge in [0.25, 0.3) is 5.91 Å². The molecule has 1 fully saturated rings. The van der Waals surface area contributed by atoms with E-state index in [9.17, 15) is 19.1 Å². The number of carboxylic acids is 1. The van der Waals surface area contributed by atoms with Crippen LogP contribution in [0.15, 0.2) is 42.5 Å². The number of anilines is 1. The van der Waals surface area contributed by atoms with Crippen molar-refractivity contribution in [2.45, 2.75) is 43.1 Å². The van der Waals surface area contributed by atoms with E-state index in [-0.39, 0.29) is 17.2 Å². The lowest BCUT2D eigenvalue weighted by atomic mass is 9.97. The molecule has 1 aliphatic rings. The van der Waals surface area contributed by atoms with Crippen LogP contribution >= 0.6 is 24.4 Å². The standard InChI is InChI=1S/C25H32FN3O3S2/c1-29(23-22(33)11-13-27-23)19-9-10-20(24(30)28-21(25(31)32)12-14-34-2)17(15-19)6-3-16-4-7-18(26)8-5-16/h4-5,7-10,15,21-23,27,33H,3,6,11-14H2,1-2H3,(H,28,30)(H,31,32)/t21-,22+,23+/m0/s1. The van der Waals surface area contributed by atoms with Crippen LogP contribution in [-0.4, -0.2) is 60.0 Å². The van der Waals surface area contributed by atoms with Crippen molar-refractivity contribution in [1.29, 1.82) is 0 Å². The minimum Gasteiger partial charge on any atom is -0.480 e. The summed E-state index contributed by atoms with van der Waals surface area (Å²) in [5.41, 5.74) is 3.18. The molecule has 0 saturated carbocycles. The second kappa shape index (κ2) is 12.5. The van der Waals surface area contributed by atoms with E-state index in [1.165, 1.54) is 23.9 Å². The third-order valence-electron chi connectivity index (χ3n) is 6.13. The molecule has 0 aromatic heterocycles. The molecule has 2 aromatic carbocycles. The van der Waals surface area contributed by atoms with Gasteiger partial charge < -0.3 is 15.3 Å². The van der Waals surface area contributed by atoms with Gasteiger partial charge in [0.2, 0.25) is 0 Å². The largest absolute Gasteiger partial charge is 0.480 e. The van der Waals surface area contributed by atoms with E-state index < -0.39 is 17.9 Å². The molecule has 6 nitrogen and oxygen atoms in total. The van der Waals surface area contributed by atoms with Gasteiger partial charge in [-0.2, -0.15) is 24.4 Å². The summed E-state index contributed by atoms with van der Waals surface area (Å²) in [6.07, 6.45) is 4.49. The first-order valence-corrected chi connectivity index (χ1v) is 13.3. The Hall–Kier alpha value is -2.23. The highest BCUT2D eigenvalue weighted by atomic mass is 32.2. The van der Waals surface area contributed by atoms with Crippen LogP contribution in [0.3, 0.4) is 0 Å². The highest BCUT2D eigenvalue weighted by Crippen LogP contribution is 2.26. The number of carbonyl (C=O) groups excluding carboxylic acids is 1. The lowest BCUT2D eigenvalue weighted by Crippen LogP contribution is -2.44. The van der Waals surface area contributed by atoms with E-state index >= 15 is 0 Å². The minimum absolute atomic E-state index is 0.0795. The van der Waals surface area contributed by atoms with Crippen molar-refractivity contribution < 1.29 is 19.1 Å². The highest BCUT2D eigenvalue weighted by Gasteiger charge is 2.28. The molecule has 1 heterocycles. The van der Waals surface area contributed by atoms with E-state index in [4.69, 9.17) is 0 Å². The number of thioether (sulfide) groups is 1. The van der Waals surface area contributed by atoms with Gasteiger partial charge in [-0.05, 0) is 85.7 Å². The number of nitrogens with one attached hydrogen (secondary N) is 2. The van der Waals surface area contributed by atoms with Crippen LogP contribution < -0.4 is 15.5 Å². The van der Waals surface area contributed by atoms with Crippen molar-refractivity contribution in [2.75, 3.05) is 30.5 Å². The molecule has 3 N–H and O–H groups in total. The Kier molecular flexibility index (Phi) is 9.67. The summed E-state index contributed by atoms with van der Waals surface area (Å²) >= 11 is 6.22. The van der Waals surface area contributed by atoms with Gasteiger partial charge in [0, 0.05) is 23.5 Å². The van der Waals surface area contributed by atoms with Gasteiger partial charge in [-0.3, -0.25) is 10.1 Å². The normalized spacial score (nSPS) is 18.5. The first-order chi connectivity index (χ1) is 16.3. The highest BCUT2D eigenvalue weighted by molar-refractivity contribution is 7.98. The molecule has 1 amide bonds. The summed E-state index contributed by atoms with van der Waals surface area (Å²) in [6, 6.07) is 11.0. The SMILES string of the molecule is CSCC[C@H](NC(=O)c1ccc(N(C)[C@H]2NCC[C@H]2S)cc1CCc1ccc(F)cc1)C(=O)O. The van der Waals surface area contributed by atoms with Crippen LogP contribution in [0.2, 0.25) is 0 Å². The Labute approximate surface area is 210 Å². The average molecular weight is 506 g/mol. The van der Waals surface area contributed by atoms with Crippen LogP contribution in [-0.2, 0) is 17.6 Å². The van der Waals surface area contributed by atoms with Crippen LogP contribution in [0, 0.1) is 5.82 Å². The summed E-state index contributed by atoms with van der Waals surface area (Å²) in [7, 11) is 1.99. The summed E-state index contributed by atoms with van der Waals surface area (Å²) in [5.74, 6) is -1.10. The van der Waals surface area contributed by atoms with Gasteiger partial charge in [0.05, 0.1) is 6.17 Å². The smallest absolute Gasteiger partial charge is 0.326 e. The van der Waals surface area contributed by atoms with Crippen molar-refractivity contribution >= 4 is 42.0 Å². The number of aliphatic carboxylic acids is 1. The number of hydrogen-bond donors (Lipinski definition) is 4. The summed E-state index contributed by atoms with van der Waals surface area (Å²) in [4.78, 5) is 26.9. The van der Waals surface area contributed by atoms with Crippen LogP contribution in [0.1, 0.15) is 34.3 Å². The zero-order valence-corrected chi connectivity index (χ0v) is 21.2. The number of hydrogen-bond acceptors (Lipinski definition) is 6. The van der Waals surface area contributed by atoms with Crippen molar-refractivity contribution in [1.82, 2.24) is 10.6 Å².